The van der Waals surface area contributed by atoms with E-state index in [1.54, 1.807) is 20.8 Å². The van der Waals surface area contributed by atoms with Gasteiger partial charge in [0, 0.05) is 14.2 Å². The molecule has 0 rings (SSSR count). The summed E-state index contributed by atoms with van der Waals surface area (Å²) < 4.78 is 17.9. The van der Waals surface area contributed by atoms with Crippen molar-refractivity contribution >= 4 is 11.9 Å². The van der Waals surface area contributed by atoms with Crippen LogP contribution in [-0.2, 0) is 28.5 Å². The van der Waals surface area contributed by atoms with Gasteiger partial charge in [0.2, 0.25) is 0 Å². The maximum absolute atomic E-state index is 10.9. The average molecular weight is 357 g/mol. The van der Waals surface area contributed by atoms with Crippen LogP contribution in [0.1, 0.15) is 69.7 Å². The van der Waals surface area contributed by atoms with Gasteiger partial charge in [-0.3, -0.25) is 4.79 Å². The average Bonchev–Trinajstić information content (AvgIpc) is 2.58. The highest BCUT2D eigenvalue weighted by Gasteiger charge is 2.22. The number of hydrogen-bond donors (Lipinski definition) is 0. The Labute approximate surface area is 151 Å². The van der Waals surface area contributed by atoms with Crippen molar-refractivity contribution in [3.05, 3.63) is 0 Å². The molecule has 6 nitrogen and oxygen atoms in total. The molecule has 0 N–H and O–H groups in total. The summed E-state index contributed by atoms with van der Waals surface area (Å²) in [6.45, 7) is 17.5. The van der Waals surface area contributed by atoms with E-state index in [1.807, 2.05) is 41.5 Å². The Kier molecular flexibility index (Phi) is 53.6. The van der Waals surface area contributed by atoms with Crippen LogP contribution in [0.25, 0.3) is 0 Å². The van der Waals surface area contributed by atoms with Crippen molar-refractivity contribution in [1.29, 1.82) is 0 Å². The zero-order valence-electron chi connectivity index (χ0n) is 17.4. The summed E-state index contributed by atoms with van der Waals surface area (Å²) in [4.78, 5) is 21.0. The molecular weight excluding hydrogens is 312 g/mol. The van der Waals surface area contributed by atoms with Gasteiger partial charge < -0.3 is 18.9 Å². The van der Waals surface area contributed by atoms with E-state index in [4.69, 9.17) is 4.74 Å². The van der Waals surface area contributed by atoms with E-state index in [0.717, 1.165) is 0 Å². The number of rotatable bonds is 4. The molecule has 0 atom stereocenters. The number of hydrogen-bond acceptors (Lipinski definition) is 6. The predicted molar refractivity (Wildman–Crippen MR) is 102 cm³/mol. The standard InChI is InChI=1S/C7H14O3.C4H8O3.3C2H6.CH4/c1-7(2,3)6(8)10-5-9-4;1-6-3-4(5)7-2;3*1-2;/h5H2,1-4H3;3H2,1-2H3;3*1-2H3;1H4. The minimum atomic E-state index is -0.432. The van der Waals surface area contributed by atoms with Gasteiger partial charge in [-0.15, -0.1) is 0 Å². The SMILES string of the molecule is C.CC.CC.CC.COCC(=O)OC.COCOC(=O)C(C)(C)C. The van der Waals surface area contributed by atoms with Gasteiger partial charge in [0.15, 0.2) is 6.79 Å². The molecule has 0 radical (unpaired) electrons. The molecule has 0 aliphatic heterocycles. The van der Waals surface area contributed by atoms with E-state index in [-0.39, 0.29) is 32.8 Å². The van der Waals surface area contributed by atoms with Crippen molar-refractivity contribution in [1.82, 2.24) is 0 Å². The summed E-state index contributed by atoms with van der Waals surface area (Å²) in [6.07, 6.45) is 0. The lowest BCUT2D eigenvalue weighted by Crippen LogP contribution is -2.23. The number of carbonyl (C=O) groups excluding carboxylic acids is 2. The summed E-state index contributed by atoms with van der Waals surface area (Å²) >= 11 is 0. The molecule has 0 heterocycles. The zero-order valence-corrected chi connectivity index (χ0v) is 17.4. The maximum Gasteiger partial charge on any atom is 0.331 e. The molecule has 152 valence electrons. The Bertz CT molecular complexity index is 222. The third-order valence-corrected chi connectivity index (χ3v) is 1.41. The molecule has 0 amide bonds. The number of methoxy groups -OCH3 is 3. The van der Waals surface area contributed by atoms with Crippen LogP contribution in [0.5, 0.6) is 0 Å². The van der Waals surface area contributed by atoms with E-state index in [1.165, 1.54) is 21.3 Å². The summed E-state index contributed by atoms with van der Waals surface area (Å²) in [5.74, 6) is -0.586. The fourth-order valence-electron chi connectivity index (χ4n) is 0.506. The van der Waals surface area contributed by atoms with E-state index in [9.17, 15) is 9.59 Å². The van der Waals surface area contributed by atoms with Crippen LogP contribution in [0.15, 0.2) is 0 Å². The van der Waals surface area contributed by atoms with Crippen LogP contribution >= 0.6 is 0 Å². The summed E-state index contributed by atoms with van der Waals surface area (Å²) in [7, 11) is 4.24. The van der Waals surface area contributed by atoms with Crippen LogP contribution in [-0.4, -0.2) is 46.7 Å². The van der Waals surface area contributed by atoms with Gasteiger partial charge in [-0.2, -0.15) is 0 Å². The van der Waals surface area contributed by atoms with Gasteiger partial charge >= 0.3 is 11.9 Å². The fraction of sp³-hybridized carbons (Fsp3) is 0.889. The molecule has 0 aromatic rings. The van der Waals surface area contributed by atoms with Gasteiger partial charge in [0.25, 0.3) is 0 Å². The topological polar surface area (TPSA) is 71.1 Å². The number of ether oxygens (including phenoxy) is 4. The lowest BCUT2D eigenvalue weighted by atomic mass is 9.98. The Hall–Kier alpha value is -1.14. The van der Waals surface area contributed by atoms with E-state index < -0.39 is 5.41 Å². The van der Waals surface area contributed by atoms with E-state index in [0.29, 0.717) is 0 Å². The van der Waals surface area contributed by atoms with E-state index >= 15 is 0 Å². The Morgan fingerprint density at radius 1 is 0.792 bits per heavy atom. The first-order valence-electron chi connectivity index (χ1n) is 8.01. The Morgan fingerprint density at radius 3 is 1.33 bits per heavy atom. The van der Waals surface area contributed by atoms with Crippen molar-refractivity contribution in [2.45, 2.75) is 69.7 Å². The maximum atomic E-state index is 10.9. The Morgan fingerprint density at radius 2 is 1.17 bits per heavy atom. The highest BCUT2D eigenvalue weighted by Crippen LogP contribution is 2.14. The quantitative estimate of drug-likeness (QED) is 0.537. The lowest BCUT2D eigenvalue weighted by molar-refractivity contribution is -0.163. The van der Waals surface area contributed by atoms with Gasteiger partial charge in [0.1, 0.15) is 6.61 Å². The van der Waals surface area contributed by atoms with Gasteiger partial charge in [0.05, 0.1) is 12.5 Å². The first-order valence-corrected chi connectivity index (χ1v) is 8.01. The van der Waals surface area contributed by atoms with Crippen LogP contribution in [0.4, 0.5) is 0 Å². The molecule has 0 aromatic carbocycles. The van der Waals surface area contributed by atoms with Crippen LogP contribution in [0.3, 0.4) is 0 Å². The van der Waals surface area contributed by atoms with Gasteiger partial charge in [-0.25, -0.2) is 4.79 Å². The number of esters is 2. The Balaban J connectivity index is -0.0000000509. The second kappa shape index (κ2) is 33.5. The summed E-state index contributed by atoms with van der Waals surface area (Å²) in [5, 5.41) is 0. The summed E-state index contributed by atoms with van der Waals surface area (Å²) in [6, 6.07) is 0. The molecule has 0 aromatic heterocycles. The second-order valence-corrected chi connectivity index (χ2v) is 4.10. The third-order valence-electron chi connectivity index (χ3n) is 1.41. The lowest BCUT2D eigenvalue weighted by Gasteiger charge is -2.15. The largest absolute Gasteiger partial charge is 0.467 e. The van der Waals surface area contributed by atoms with E-state index in [2.05, 4.69) is 14.2 Å². The molecular formula is C18H44O6. The molecule has 6 heteroatoms. The molecule has 0 saturated heterocycles. The molecule has 0 spiro atoms. The van der Waals surface area contributed by atoms with Crippen molar-refractivity contribution in [3.8, 4) is 0 Å². The zero-order chi connectivity index (χ0) is 19.9. The molecule has 0 bridgehead atoms. The van der Waals surface area contributed by atoms with Gasteiger partial charge in [-0.1, -0.05) is 49.0 Å². The van der Waals surface area contributed by atoms with Crippen molar-refractivity contribution in [2.24, 2.45) is 5.41 Å². The molecule has 0 aliphatic carbocycles. The monoisotopic (exact) mass is 356 g/mol. The number of carbonyl (C=O) groups is 2. The minimum absolute atomic E-state index is 0. The van der Waals surface area contributed by atoms with Crippen molar-refractivity contribution in [2.75, 3.05) is 34.7 Å². The predicted octanol–water partition coefficient (Wildman–Crippen LogP) is 4.70. The van der Waals surface area contributed by atoms with Gasteiger partial charge in [-0.05, 0) is 20.8 Å². The molecule has 0 aliphatic rings. The normalized spacial score (nSPS) is 7.83. The smallest absolute Gasteiger partial charge is 0.331 e. The molecule has 0 unspecified atom stereocenters. The molecule has 0 fully saturated rings. The summed E-state index contributed by atoms with van der Waals surface area (Å²) in [5.41, 5.74) is -0.432. The second-order valence-electron chi connectivity index (χ2n) is 4.10. The fourth-order valence-corrected chi connectivity index (χ4v) is 0.506. The third kappa shape index (κ3) is 42.8. The van der Waals surface area contributed by atoms with Crippen molar-refractivity contribution in [3.63, 3.8) is 0 Å². The van der Waals surface area contributed by atoms with Crippen LogP contribution < -0.4 is 0 Å². The van der Waals surface area contributed by atoms with Crippen LogP contribution in [0.2, 0.25) is 0 Å². The van der Waals surface area contributed by atoms with Crippen LogP contribution in [0, 0.1) is 5.41 Å². The highest BCUT2D eigenvalue weighted by molar-refractivity contribution is 5.75. The minimum Gasteiger partial charge on any atom is -0.467 e. The first kappa shape index (κ1) is 38.4. The molecule has 24 heavy (non-hydrogen) atoms. The van der Waals surface area contributed by atoms with Crippen molar-refractivity contribution < 1.29 is 28.5 Å². The molecule has 0 saturated carbocycles. The first-order chi connectivity index (χ1) is 10.8. The highest BCUT2D eigenvalue weighted by atomic mass is 16.7.